The lowest BCUT2D eigenvalue weighted by Gasteiger charge is -2.35. The van der Waals surface area contributed by atoms with Crippen LogP contribution in [-0.4, -0.2) is 29.5 Å². The summed E-state index contributed by atoms with van der Waals surface area (Å²) in [6, 6.07) is 26.7. The lowest BCUT2D eigenvalue weighted by molar-refractivity contribution is -0.107. The molecular weight excluding hydrogens is 584 g/mol. The summed E-state index contributed by atoms with van der Waals surface area (Å²) in [6.45, 7) is 21.5. The molecule has 0 spiro atoms. The Balaban J connectivity index is 0.00000102. The molecule has 1 heterocycles. The van der Waals surface area contributed by atoms with Gasteiger partial charge in [0.25, 0.3) is 0 Å². The first kappa shape index (κ1) is 41.3. The molecule has 4 rings (SSSR count). The smallest absolute Gasteiger partial charge is 0.147 e. The van der Waals surface area contributed by atoms with Gasteiger partial charge in [-0.15, -0.1) is 0 Å². The summed E-state index contributed by atoms with van der Waals surface area (Å²) >= 11 is 7.88. The largest absolute Gasteiger partial charge is 0.324 e. The van der Waals surface area contributed by atoms with Crippen LogP contribution in [0.5, 0.6) is 0 Å². The Morgan fingerprint density at radius 1 is 0.886 bits per heavy atom. The number of nitrogens with zero attached hydrogens (tertiary/aromatic N) is 1. The van der Waals surface area contributed by atoms with Crippen molar-refractivity contribution in [3.8, 4) is 0 Å². The fourth-order valence-electron chi connectivity index (χ4n) is 4.69. The van der Waals surface area contributed by atoms with Crippen LogP contribution < -0.4 is 5.73 Å². The summed E-state index contributed by atoms with van der Waals surface area (Å²) in [7, 11) is 0. The lowest BCUT2D eigenvalue weighted by Crippen LogP contribution is -2.33. The number of halogens is 1. The Hall–Kier alpha value is -2.70. The van der Waals surface area contributed by atoms with Gasteiger partial charge in [0.1, 0.15) is 12.6 Å². The molecule has 0 aromatic heterocycles. The van der Waals surface area contributed by atoms with E-state index >= 15 is 0 Å². The number of rotatable bonds is 7. The number of aldehydes is 2. The quantitative estimate of drug-likeness (QED) is 0.206. The minimum absolute atomic E-state index is 0.0817. The second-order valence-electron chi connectivity index (χ2n) is 11.2. The molecule has 3 atom stereocenters. The molecule has 0 aliphatic carbocycles. The fraction of sp³-hybridized carbons (Fsp3) is 0.421. The normalized spacial score (nSPS) is 16.1. The number of hydrogen-bond donors (Lipinski definition) is 1. The maximum Gasteiger partial charge on any atom is 0.147 e. The van der Waals surface area contributed by atoms with Gasteiger partial charge in [0.15, 0.2) is 0 Å². The van der Waals surface area contributed by atoms with Gasteiger partial charge in [-0.1, -0.05) is 139 Å². The van der Waals surface area contributed by atoms with E-state index in [1.54, 1.807) is 11.9 Å². The maximum absolute atomic E-state index is 12.0. The van der Waals surface area contributed by atoms with Crippen LogP contribution in [0.2, 0.25) is 5.02 Å². The maximum atomic E-state index is 12.0. The van der Waals surface area contributed by atoms with Crippen molar-refractivity contribution in [3.63, 3.8) is 0 Å². The predicted molar refractivity (Wildman–Crippen MR) is 193 cm³/mol. The second-order valence-corrected chi connectivity index (χ2v) is 12.7. The summed E-state index contributed by atoms with van der Waals surface area (Å²) in [4.78, 5) is 22.3. The Morgan fingerprint density at radius 3 is 1.84 bits per heavy atom. The first-order valence-electron chi connectivity index (χ1n) is 15.6. The van der Waals surface area contributed by atoms with E-state index in [-0.39, 0.29) is 24.0 Å². The molecule has 3 aromatic carbocycles. The van der Waals surface area contributed by atoms with Crippen LogP contribution in [0.3, 0.4) is 0 Å². The molecule has 0 amide bonds. The Labute approximate surface area is 277 Å². The van der Waals surface area contributed by atoms with E-state index in [9.17, 15) is 4.79 Å². The average molecular weight is 639 g/mol. The van der Waals surface area contributed by atoms with Crippen molar-refractivity contribution in [3.05, 3.63) is 112 Å². The summed E-state index contributed by atoms with van der Waals surface area (Å²) in [5, 5.41) is 0.708. The third-order valence-corrected chi connectivity index (χ3v) is 7.97. The second kappa shape index (κ2) is 22.8. The van der Waals surface area contributed by atoms with E-state index < -0.39 is 0 Å². The highest BCUT2D eigenvalue weighted by atomic mass is 35.5. The highest BCUT2D eigenvalue weighted by Crippen LogP contribution is 2.47. The van der Waals surface area contributed by atoms with Gasteiger partial charge in [-0.3, -0.25) is 4.79 Å². The van der Waals surface area contributed by atoms with E-state index in [0.29, 0.717) is 17.2 Å². The molecule has 0 fully saturated rings. The van der Waals surface area contributed by atoms with Gasteiger partial charge in [-0.05, 0) is 72.9 Å². The van der Waals surface area contributed by atoms with Gasteiger partial charge in [0.05, 0.1) is 6.04 Å². The van der Waals surface area contributed by atoms with Gasteiger partial charge in [-0.25, -0.2) is 4.31 Å². The number of aryl methyl sites for hydroxylation is 2. The van der Waals surface area contributed by atoms with Crippen molar-refractivity contribution in [1.29, 1.82) is 0 Å². The molecular formula is C38H55ClN2O2S. The number of carbonyl (C=O) groups is 2. The summed E-state index contributed by atoms with van der Waals surface area (Å²) in [5.74, 6) is 0.416. The van der Waals surface area contributed by atoms with E-state index in [0.717, 1.165) is 23.8 Å². The molecule has 0 radical (unpaired) electrons. The van der Waals surface area contributed by atoms with E-state index in [2.05, 4.69) is 94.1 Å². The topological polar surface area (TPSA) is 63.4 Å². The zero-order valence-corrected chi connectivity index (χ0v) is 30.1. The van der Waals surface area contributed by atoms with Gasteiger partial charge in [-0.2, -0.15) is 0 Å². The molecule has 3 unspecified atom stereocenters. The highest BCUT2D eigenvalue weighted by molar-refractivity contribution is 7.97. The Bertz CT molecular complexity index is 1220. The molecule has 0 saturated carbocycles. The first-order valence-corrected chi connectivity index (χ1v) is 16.8. The zero-order chi connectivity index (χ0) is 33.7. The summed E-state index contributed by atoms with van der Waals surface area (Å²) in [5.41, 5.74) is 9.38. The van der Waals surface area contributed by atoms with Crippen LogP contribution in [0.4, 0.5) is 0 Å². The molecule has 0 saturated heterocycles. The van der Waals surface area contributed by atoms with Crippen molar-refractivity contribution in [2.45, 2.75) is 92.6 Å². The van der Waals surface area contributed by atoms with Gasteiger partial charge in [0.2, 0.25) is 0 Å². The number of nitrogens with two attached hydrogens (primary N) is 1. The molecule has 1 aliphatic rings. The molecule has 1 aliphatic heterocycles. The first-order chi connectivity index (χ1) is 21.0. The van der Waals surface area contributed by atoms with Crippen LogP contribution in [0.1, 0.15) is 84.5 Å². The Morgan fingerprint density at radius 2 is 1.41 bits per heavy atom. The van der Waals surface area contributed by atoms with Crippen molar-refractivity contribution in [1.82, 2.24) is 4.31 Å². The monoisotopic (exact) mass is 638 g/mol. The molecule has 2 N–H and O–H groups in total. The zero-order valence-electron chi connectivity index (χ0n) is 28.5. The molecule has 242 valence electrons. The fourth-order valence-corrected chi connectivity index (χ4v) is 6.13. The molecule has 0 bridgehead atoms. The summed E-state index contributed by atoms with van der Waals surface area (Å²) in [6.07, 6.45) is 4.93. The minimum Gasteiger partial charge on any atom is -0.324 e. The van der Waals surface area contributed by atoms with Crippen LogP contribution in [-0.2, 0) is 9.59 Å². The average Bonchev–Trinajstić information content (AvgIpc) is 3.39. The van der Waals surface area contributed by atoms with Gasteiger partial charge < -0.3 is 10.5 Å². The van der Waals surface area contributed by atoms with Gasteiger partial charge >= 0.3 is 0 Å². The van der Waals surface area contributed by atoms with E-state index in [4.69, 9.17) is 16.4 Å². The van der Waals surface area contributed by atoms with Crippen molar-refractivity contribution >= 4 is 36.1 Å². The molecule has 44 heavy (non-hydrogen) atoms. The van der Waals surface area contributed by atoms with Crippen molar-refractivity contribution in [2.24, 2.45) is 17.1 Å². The van der Waals surface area contributed by atoms with Gasteiger partial charge in [0, 0.05) is 28.1 Å². The predicted octanol–water partition coefficient (Wildman–Crippen LogP) is 10.5. The Kier molecular flexibility index (Phi) is 21.4. The molecule has 3 aromatic rings. The standard InChI is InChI=1S/C25H30ClNOS.C7H8.C2H5NO.2C2H6/c1-17-8-6-7-9-23(17)29-27-22(18(2)15-25(3,4)5)14-20(16-28)24(27)19-10-12-21(26)13-11-19;1-7-5-3-2-4-6-7;3-1-2-4;2*1-2/h6-14,16,18,22,24H,15H2,1-5H3;2-6H,1H3;2H,1,3H2;2*1-2H3. The number of benzene rings is 3. The molecule has 4 nitrogen and oxygen atoms in total. The third kappa shape index (κ3) is 14.9. The molecule has 6 heteroatoms. The minimum atomic E-state index is -0.0817. The summed E-state index contributed by atoms with van der Waals surface area (Å²) < 4.78 is 2.41. The van der Waals surface area contributed by atoms with Crippen LogP contribution >= 0.6 is 23.5 Å². The van der Waals surface area contributed by atoms with Crippen LogP contribution in [0.25, 0.3) is 0 Å². The van der Waals surface area contributed by atoms with Crippen LogP contribution in [0, 0.1) is 25.2 Å². The third-order valence-electron chi connectivity index (χ3n) is 6.40. The SMILES string of the molecule is CC.CC.Cc1ccccc1.Cc1ccccc1SN1C(c2ccc(Cl)cc2)C(C=O)=CC1C(C)CC(C)(C)C.NCC=O. The van der Waals surface area contributed by atoms with E-state index in [1.807, 2.05) is 70.2 Å². The highest BCUT2D eigenvalue weighted by Gasteiger charge is 2.40. The number of hydrogen-bond acceptors (Lipinski definition) is 5. The van der Waals surface area contributed by atoms with Crippen molar-refractivity contribution in [2.75, 3.05) is 6.54 Å². The van der Waals surface area contributed by atoms with E-state index in [1.165, 1.54) is 16.0 Å². The number of carbonyl (C=O) groups excluding carboxylic acids is 2. The lowest BCUT2D eigenvalue weighted by atomic mass is 9.82. The van der Waals surface area contributed by atoms with Crippen molar-refractivity contribution < 1.29 is 9.59 Å². The van der Waals surface area contributed by atoms with Crippen LogP contribution in [0.15, 0.2) is 95.4 Å².